The van der Waals surface area contributed by atoms with Crippen LogP contribution in [0.5, 0.6) is 11.5 Å². The van der Waals surface area contributed by atoms with Gasteiger partial charge in [0.15, 0.2) is 0 Å². The number of aromatic nitrogens is 2. The van der Waals surface area contributed by atoms with Crippen LogP contribution >= 0.6 is 0 Å². The van der Waals surface area contributed by atoms with Crippen LogP contribution in [0.3, 0.4) is 0 Å². The van der Waals surface area contributed by atoms with Crippen molar-refractivity contribution in [2.45, 2.75) is 19.4 Å². The second kappa shape index (κ2) is 9.08. The van der Waals surface area contributed by atoms with Crippen molar-refractivity contribution < 1.29 is 14.3 Å². The predicted molar refractivity (Wildman–Crippen MR) is 108 cm³/mol. The number of methoxy groups -OCH3 is 1. The zero-order chi connectivity index (χ0) is 19.9. The molecule has 0 bridgehead atoms. The van der Waals surface area contributed by atoms with Gasteiger partial charge in [-0.15, -0.1) is 0 Å². The number of carbonyl (C=O) groups excluding carboxylic acids is 1. The molecule has 6 heteroatoms. The van der Waals surface area contributed by atoms with E-state index in [-0.39, 0.29) is 18.4 Å². The number of nitrogens with one attached hydrogen (secondary N) is 1. The molecule has 3 rings (SSSR count). The fourth-order valence-electron chi connectivity index (χ4n) is 3.02. The molecule has 2 aromatic carbocycles. The summed E-state index contributed by atoms with van der Waals surface area (Å²) in [6.45, 7) is 2.56. The van der Waals surface area contributed by atoms with Gasteiger partial charge in [0, 0.05) is 19.4 Å². The number of hydrogen-bond donors (Lipinski definition) is 1. The van der Waals surface area contributed by atoms with E-state index < -0.39 is 0 Å². The zero-order valence-electron chi connectivity index (χ0n) is 16.4. The molecule has 1 amide bonds. The van der Waals surface area contributed by atoms with Crippen molar-refractivity contribution >= 4 is 5.91 Å². The first-order valence-corrected chi connectivity index (χ1v) is 9.23. The Morgan fingerprint density at radius 2 is 1.79 bits per heavy atom. The zero-order valence-corrected chi connectivity index (χ0v) is 16.4. The molecule has 0 radical (unpaired) electrons. The number of imidazole rings is 1. The Hall–Kier alpha value is -3.28. The third-order valence-corrected chi connectivity index (χ3v) is 4.47. The quantitative estimate of drug-likeness (QED) is 0.652. The van der Waals surface area contributed by atoms with Crippen LogP contribution in [0.15, 0.2) is 60.9 Å². The molecule has 1 unspecified atom stereocenters. The van der Waals surface area contributed by atoms with Crippen LogP contribution in [-0.2, 0) is 18.3 Å². The summed E-state index contributed by atoms with van der Waals surface area (Å²) in [5.41, 5.74) is 1.87. The first-order valence-electron chi connectivity index (χ1n) is 9.23. The lowest BCUT2D eigenvalue weighted by Crippen LogP contribution is -2.32. The Labute approximate surface area is 165 Å². The minimum Gasteiger partial charge on any atom is -0.497 e. The van der Waals surface area contributed by atoms with Gasteiger partial charge in [-0.3, -0.25) is 4.79 Å². The largest absolute Gasteiger partial charge is 0.497 e. The number of nitrogens with zero attached hydrogens (tertiary/aromatic N) is 2. The topological polar surface area (TPSA) is 65.4 Å². The summed E-state index contributed by atoms with van der Waals surface area (Å²) >= 11 is 0. The molecule has 3 aromatic rings. The molecule has 28 heavy (non-hydrogen) atoms. The number of carbonyl (C=O) groups is 1. The van der Waals surface area contributed by atoms with Crippen LogP contribution in [0, 0.1) is 0 Å². The highest BCUT2D eigenvalue weighted by Crippen LogP contribution is 2.23. The van der Waals surface area contributed by atoms with Gasteiger partial charge in [-0.05, 0) is 42.3 Å². The normalized spacial score (nSPS) is 11.7. The van der Waals surface area contributed by atoms with E-state index >= 15 is 0 Å². The van der Waals surface area contributed by atoms with Gasteiger partial charge in [-0.1, -0.05) is 24.3 Å². The fraction of sp³-hybridized carbons (Fsp3) is 0.273. The summed E-state index contributed by atoms with van der Waals surface area (Å²) in [7, 11) is 3.54. The molecular weight excluding hydrogens is 354 g/mol. The van der Waals surface area contributed by atoms with E-state index in [9.17, 15) is 4.79 Å². The fourth-order valence-corrected chi connectivity index (χ4v) is 3.02. The van der Waals surface area contributed by atoms with E-state index in [0.29, 0.717) is 6.61 Å². The minimum absolute atomic E-state index is 0.0759. The average molecular weight is 379 g/mol. The SMILES string of the molecule is CCOc1ccc(CC(=O)NC(c2ccc(OC)cc2)c2nccn2C)cc1. The lowest BCUT2D eigenvalue weighted by atomic mass is 10.0. The molecule has 1 atom stereocenters. The van der Waals surface area contributed by atoms with Crippen molar-refractivity contribution in [2.75, 3.05) is 13.7 Å². The van der Waals surface area contributed by atoms with Gasteiger partial charge in [-0.2, -0.15) is 0 Å². The van der Waals surface area contributed by atoms with Gasteiger partial charge in [0.05, 0.1) is 20.1 Å². The van der Waals surface area contributed by atoms with Crippen LogP contribution < -0.4 is 14.8 Å². The number of aryl methyl sites for hydroxylation is 1. The lowest BCUT2D eigenvalue weighted by molar-refractivity contribution is -0.121. The molecule has 0 aliphatic heterocycles. The summed E-state index contributed by atoms with van der Waals surface area (Å²) in [6.07, 6.45) is 3.87. The molecule has 0 saturated heterocycles. The first kappa shape index (κ1) is 19.5. The third kappa shape index (κ3) is 4.71. The highest BCUT2D eigenvalue weighted by molar-refractivity contribution is 5.79. The molecule has 0 spiro atoms. The molecule has 1 aromatic heterocycles. The van der Waals surface area contributed by atoms with Gasteiger partial charge in [0.1, 0.15) is 23.4 Å². The summed E-state index contributed by atoms with van der Waals surface area (Å²) in [5.74, 6) is 2.26. The van der Waals surface area contributed by atoms with E-state index in [2.05, 4.69) is 10.3 Å². The molecule has 146 valence electrons. The van der Waals surface area contributed by atoms with Crippen LogP contribution in [-0.4, -0.2) is 29.2 Å². The number of hydrogen-bond acceptors (Lipinski definition) is 4. The molecule has 0 aliphatic rings. The van der Waals surface area contributed by atoms with E-state index in [1.807, 2.05) is 73.3 Å². The maximum absolute atomic E-state index is 12.7. The molecule has 6 nitrogen and oxygen atoms in total. The van der Waals surface area contributed by atoms with E-state index in [0.717, 1.165) is 28.5 Å². The summed E-state index contributed by atoms with van der Waals surface area (Å²) in [4.78, 5) is 17.2. The van der Waals surface area contributed by atoms with E-state index in [1.165, 1.54) is 0 Å². The molecule has 0 fully saturated rings. The average Bonchev–Trinajstić information content (AvgIpc) is 3.13. The van der Waals surface area contributed by atoms with Crippen molar-refractivity contribution in [1.82, 2.24) is 14.9 Å². The van der Waals surface area contributed by atoms with Crippen molar-refractivity contribution in [1.29, 1.82) is 0 Å². The van der Waals surface area contributed by atoms with Crippen molar-refractivity contribution in [2.24, 2.45) is 7.05 Å². The van der Waals surface area contributed by atoms with Gasteiger partial charge in [0.25, 0.3) is 0 Å². The van der Waals surface area contributed by atoms with Gasteiger partial charge >= 0.3 is 0 Å². The second-order valence-corrected chi connectivity index (χ2v) is 6.42. The monoisotopic (exact) mass is 379 g/mol. The summed E-state index contributed by atoms with van der Waals surface area (Å²) in [5, 5.41) is 3.11. The van der Waals surface area contributed by atoms with Crippen LogP contribution in [0.2, 0.25) is 0 Å². The van der Waals surface area contributed by atoms with Gasteiger partial charge in [-0.25, -0.2) is 4.98 Å². The Morgan fingerprint density at radius 1 is 1.11 bits per heavy atom. The van der Waals surface area contributed by atoms with Gasteiger partial charge < -0.3 is 19.4 Å². The lowest BCUT2D eigenvalue weighted by Gasteiger charge is -2.19. The Balaban J connectivity index is 1.76. The maximum atomic E-state index is 12.7. The number of rotatable bonds is 8. The summed E-state index contributed by atoms with van der Waals surface area (Å²) < 4.78 is 12.6. The van der Waals surface area contributed by atoms with E-state index in [4.69, 9.17) is 9.47 Å². The summed E-state index contributed by atoms with van der Waals surface area (Å²) in [6, 6.07) is 14.9. The highest BCUT2D eigenvalue weighted by Gasteiger charge is 2.21. The molecule has 0 saturated carbocycles. The maximum Gasteiger partial charge on any atom is 0.225 e. The predicted octanol–water partition coefficient (Wildman–Crippen LogP) is 3.28. The number of benzene rings is 2. The molecule has 1 heterocycles. The highest BCUT2D eigenvalue weighted by atomic mass is 16.5. The van der Waals surface area contributed by atoms with Crippen molar-refractivity contribution in [3.05, 3.63) is 77.9 Å². The number of amides is 1. The van der Waals surface area contributed by atoms with Crippen LogP contribution in [0.4, 0.5) is 0 Å². The minimum atomic E-state index is -0.346. The molecule has 0 aliphatic carbocycles. The first-order chi connectivity index (χ1) is 13.6. The smallest absolute Gasteiger partial charge is 0.225 e. The standard InChI is InChI=1S/C22H25N3O3/c1-4-28-19-9-5-16(6-10-19)15-20(26)24-21(22-23-13-14-25(22)2)17-7-11-18(27-3)12-8-17/h5-14,21H,4,15H2,1-3H3,(H,24,26). The Bertz CT molecular complexity index is 902. The van der Waals surface area contributed by atoms with Crippen LogP contribution in [0.25, 0.3) is 0 Å². The third-order valence-electron chi connectivity index (χ3n) is 4.47. The number of ether oxygens (including phenoxy) is 2. The molecule has 1 N–H and O–H groups in total. The van der Waals surface area contributed by atoms with Crippen LogP contribution in [0.1, 0.15) is 29.9 Å². The van der Waals surface area contributed by atoms with Crippen molar-refractivity contribution in [3.63, 3.8) is 0 Å². The second-order valence-electron chi connectivity index (χ2n) is 6.42. The van der Waals surface area contributed by atoms with E-state index in [1.54, 1.807) is 13.3 Å². The Morgan fingerprint density at radius 3 is 2.36 bits per heavy atom. The van der Waals surface area contributed by atoms with Gasteiger partial charge in [0.2, 0.25) is 5.91 Å². The Kier molecular flexibility index (Phi) is 6.32. The molecular formula is C22H25N3O3. The van der Waals surface area contributed by atoms with Crippen molar-refractivity contribution in [3.8, 4) is 11.5 Å².